The van der Waals surface area contributed by atoms with E-state index in [0.29, 0.717) is 43.4 Å². The fourth-order valence-corrected chi connectivity index (χ4v) is 3.06. The van der Waals surface area contributed by atoms with Crippen molar-refractivity contribution < 1.29 is 14.3 Å². The van der Waals surface area contributed by atoms with E-state index >= 15 is 0 Å². The number of aromatic nitrogens is 2. The zero-order valence-corrected chi connectivity index (χ0v) is 15.1. The highest BCUT2D eigenvalue weighted by Gasteiger charge is 2.26. The van der Waals surface area contributed by atoms with Gasteiger partial charge < -0.3 is 14.5 Å². The Bertz CT molecular complexity index is 798. The predicted molar refractivity (Wildman–Crippen MR) is 98.5 cm³/mol. The Hall–Kier alpha value is -2.96. The lowest BCUT2D eigenvalue weighted by atomic mass is 10.1. The van der Waals surface area contributed by atoms with E-state index in [9.17, 15) is 9.59 Å². The Morgan fingerprint density at radius 2 is 1.63 bits per heavy atom. The van der Waals surface area contributed by atoms with E-state index in [0.717, 1.165) is 12.4 Å². The summed E-state index contributed by atoms with van der Waals surface area (Å²) in [5, 5.41) is 0. The summed E-state index contributed by atoms with van der Waals surface area (Å²) < 4.78 is 5.71. The molecule has 27 heavy (non-hydrogen) atoms. The maximum atomic E-state index is 12.7. The van der Waals surface area contributed by atoms with Crippen LogP contribution in [0.1, 0.15) is 33.7 Å². The predicted octanol–water partition coefficient (Wildman–Crippen LogP) is 1.86. The molecule has 2 aromatic rings. The molecule has 140 valence electrons. The van der Waals surface area contributed by atoms with Crippen LogP contribution >= 0.6 is 0 Å². The normalized spacial score (nSPS) is 16.9. The minimum atomic E-state index is -0.146. The molecule has 7 heteroatoms. The van der Waals surface area contributed by atoms with Crippen molar-refractivity contribution in [1.29, 1.82) is 0 Å². The second-order valence-corrected chi connectivity index (χ2v) is 6.95. The van der Waals surface area contributed by atoms with Crippen LogP contribution in [0, 0.1) is 5.92 Å². The molecular weight excluding hydrogens is 344 g/mol. The molecule has 1 aliphatic carbocycles. The quantitative estimate of drug-likeness (QED) is 0.807. The van der Waals surface area contributed by atoms with E-state index in [4.69, 9.17) is 4.74 Å². The number of benzene rings is 1. The van der Waals surface area contributed by atoms with Crippen LogP contribution in [0.3, 0.4) is 0 Å². The van der Waals surface area contributed by atoms with E-state index in [1.807, 2.05) is 24.3 Å². The molecule has 0 bridgehead atoms. The molecular formula is C20H22N4O3. The first kappa shape index (κ1) is 17.5. The zero-order valence-electron chi connectivity index (χ0n) is 15.1. The van der Waals surface area contributed by atoms with Gasteiger partial charge in [0.2, 0.25) is 0 Å². The zero-order chi connectivity index (χ0) is 18.6. The molecule has 0 atom stereocenters. The van der Waals surface area contributed by atoms with E-state index in [1.165, 1.54) is 31.4 Å². The van der Waals surface area contributed by atoms with Crippen LogP contribution in [0.4, 0.5) is 0 Å². The van der Waals surface area contributed by atoms with Crippen molar-refractivity contribution in [2.24, 2.45) is 5.92 Å². The first-order chi connectivity index (χ1) is 13.2. The van der Waals surface area contributed by atoms with Gasteiger partial charge >= 0.3 is 0 Å². The highest BCUT2D eigenvalue weighted by Crippen LogP contribution is 2.29. The molecule has 2 aliphatic rings. The smallest absolute Gasteiger partial charge is 0.274 e. The SMILES string of the molecule is O=C(c1ccc(OCC2CC2)cc1)N1CCN(C(=O)c2cnccn2)CC1. The number of ether oxygens (including phenoxy) is 1. The van der Waals surface area contributed by atoms with Gasteiger partial charge in [-0.1, -0.05) is 0 Å². The van der Waals surface area contributed by atoms with Crippen molar-refractivity contribution in [2.75, 3.05) is 32.8 Å². The molecule has 2 amide bonds. The third-order valence-electron chi connectivity index (χ3n) is 4.92. The topological polar surface area (TPSA) is 75.6 Å². The molecule has 1 saturated heterocycles. The number of hydrogen-bond donors (Lipinski definition) is 0. The largest absolute Gasteiger partial charge is 0.493 e. The van der Waals surface area contributed by atoms with Gasteiger partial charge in [-0.3, -0.25) is 14.6 Å². The van der Waals surface area contributed by atoms with Crippen LogP contribution < -0.4 is 4.74 Å². The lowest BCUT2D eigenvalue weighted by Crippen LogP contribution is -2.50. The molecule has 2 heterocycles. The molecule has 0 spiro atoms. The number of nitrogens with zero attached hydrogens (tertiary/aromatic N) is 4. The summed E-state index contributed by atoms with van der Waals surface area (Å²) in [7, 11) is 0. The van der Waals surface area contributed by atoms with E-state index in [-0.39, 0.29) is 11.8 Å². The third kappa shape index (κ3) is 4.24. The van der Waals surface area contributed by atoms with Crippen LogP contribution in [-0.2, 0) is 0 Å². The second-order valence-electron chi connectivity index (χ2n) is 6.95. The van der Waals surface area contributed by atoms with Gasteiger partial charge in [-0.25, -0.2) is 4.98 Å². The number of hydrogen-bond acceptors (Lipinski definition) is 5. The lowest BCUT2D eigenvalue weighted by Gasteiger charge is -2.34. The second kappa shape index (κ2) is 7.73. The summed E-state index contributed by atoms with van der Waals surface area (Å²) in [4.78, 5) is 36.6. The Balaban J connectivity index is 1.30. The molecule has 0 N–H and O–H groups in total. The molecule has 0 unspecified atom stereocenters. The van der Waals surface area contributed by atoms with E-state index in [2.05, 4.69) is 9.97 Å². The van der Waals surface area contributed by atoms with Crippen molar-refractivity contribution in [3.8, 4) is 5.75 Å². The fraction of sp³-hybridized carbons (Fsp3) is 0.400. The summed E-state index contributed by atoms with van der Waals surface area (Å²) in [6.45, 7) is 2.75. The Kier molecular flexibility index (Phi) is 5.00. The Labute approximate surface area is 158 Å². The molecule has 1 aromatic carbocycles. The summed E-state index contributed by atoms with van der Waals surface area (Å²) >= 11 is 0. The van der Waals surface area contributed by atoms with Gasteiger partial charge in [0.25, 0.3) is 11.8 Å². The first-order valence-electron chi connectivity index (χ1n) is 9.28. The van der Waals surface area contributed by atoms with Gasteiger partial charge in [-0.2, -0.15) is 0 Å². The number of rotatable bonds is 5. The Morgan fingerprint density at radius 3 is 2.22 bits per heavy atom. The maximum Gasteiger partial charge on any atom is 0.274 e. The molecule has 4 rings (SSSR count). The van der Waals surface area contributed by atoms with Crippen LogP contribution in [0.5, 0.6) is 5.75 Å². The number of carbonyl (C=O) groups excluding carboxylic acids is 2. The van der Waals surface area contributed by atoms with Gasteiger partial charge in [-0.05, 0) is 43.0 Å². The first-order valence-corrected chi connectivity index (χ1v) is 9.28. The number of carbonyl (C=O) groups is 2. The van der Waals surface area contributed by atoms with Crippen LogP contribution in [-0.4, -0.2) is 64.4 Å². The van der Waals surface area contributed by atoms with Crippen LogP contribution in [0.25, 0.3) is 0 Å². The minimum absolute atomic E-state index is 0.0182. The summed E-state index contributed by atoms with van der Waals surface area (Å²) in [5.41, 5.74) is 0.974. The fourth-order valence-electron chi connectivity index (χ4n) is 3.06. The van der Waals surface area contributed by atoms with Crippen molar-refractivity contribution >= 4 is 11.8 Å². The molecule has 1 saturated carbocycles. The molecule has 0 radical (unpaired) electrons. The molecule has 2 fully saturated rings. The van der Waals surface area contributed by atoms with Gasteiger partial charge in [0, 0.05) is 44.1 Å². The van der Waals surface area contributed by atoms with Gasteiger partial charge in [0.05, 0.1) is 12.8 Å². The summed E-state index contributed by atoms with van der Waals surface area (Å²) in [5.74, 6) is 1.34. The number of piperazine rings is 1. The lowest BCUT2D eigenvalue weighted by molar-refractivity contribution is 0.0532. The summed E-state index contributed by atoms with van der Waals surface area (Å²) in [6, 6.07) is 7.32. The third-order valence-corrected chi connectivity index (χ3v) is 4.92. The van der Waals surface area contributed by atoms with E-state index in [1.54, 1.807) is 9.80 Å². The van der Waals surface area contributed by atoms with Crippen molar-refractivity contribution in [2.45, 2.75) is 12.8 Å². The standard InChI is InChI=1S/C20H22N4O3/c25-19(16-3-5-17(6-4-16)27-14-15-1-2-15)23-9-11-24(12-10-23)20(26)18-13-21-7-8-22-18/h3-8,13,15H,1-2,9-12,14H2. The van der Waals surface area contributed by atoms with Gasteiger partial charge in [0.1, 0.15) is 11.4 Å². The van der Waals surface area contributed by atoms with Crippen molar-refractivity contribution in [3.05, 3.63) is 54.1 Å². The van der Waals surface area contributed by atoms with E-state index < -0.39 is 0 Å². The molecule has 7 nitrogen and oxygen atoms in total. The maximum absolute atomic E-state index is 12.7. The minimum Gasteiger partial charge on any atom is -0.493 e. The van der Waals surface area contributed by atoms with Crippen molar-refractivity contribution in [3.63, 3.8) is 0 Å². The van der Waals surface area contributed by atoms with Crippen LogP contribution in [0.2, 0.25) is 0 Å². The molecule has 1 aliphatic heterocycles. The van der Waals surface area contributed by atoms with Crippen molar-refractivity contribution in [1.82, 2.24) is 19.8 Å². The van der Waals surface area contributed by atoms with Crippen LogP contribution in [0.15, 0.2) is 42.9 Å². The number of amides is 2. The monoisotopic (exact) mass is 366 g/mol. The average Bonchev–Trinajstić information content (AvgIpc) is 3.57. The molecule has 1 aromatic heterocycles. The van der Waals surface area contributed by atoms with Gasteiger partial charge in [0.15, 0.2) is 0 Å². The van der Waals surface area contributed by atoms with Gasteiger partial charge in [-0.15, -0.1) is 0 Å². The average molecular weight is 366 g/mol. The summed E-state index contributed by atoms with van der Waals surface area (Å²) in [6.07, 6.45) is 7.01. The Morgan fingerprint density at radius 1 is 0.963 bits per heavy atom. The highest BCUT2D eigenvalue weighted by atomic mass is 16.5. The highest BCUT2D eigenvalue weighted by molar-refractivity contribution is 5.95.